The Labute approximate surface area is 270 Å². The lowest BCUT2D eigenvalue weighted by atomic mass is 10.00. The maximum Gasteiger partial charge on any atom is 0.269 e. The SMILES string of the molecule is CCCOCCOc1cc(OCCOCCC)c(-c2cc(F)c(C(F)Oc3cc(F)c(F)c(F)c3)c(F)c2)c(OCCOCCC)c1. The van der Waals surface area contributed by atoms with Crippen LogP contribution in [0.2, 0.25) is 0 Å². The van der Waals surface area contributed by atoms with Crippen molar-refractivity contribution in [2.75, 3.05) is 59.5 Å². The van der Waals surface area contributed by atoms with Gasteiger partial charge in [0.25, 0.3) is 6.36 Å². The summed E-state index contributed by atoms with van der Waals surface area (Å²) in [6.45, 7) is 8.57. The highest BCUT2D eigenvalue weighted by Gasteiger charge is 2.26. The summed E-state index contributed by atoms with van der Waals surface area (Å²) < 4.78 is 125. The molecule has 3 aromatic rings. The van der Waals surface area contributed by atoms with E-state index in [1.165, 1.54) is 12.1 Å². The maximum absolute atomic E-state index is 15.4. The molecule has 1 atom stereocenters. The second kappa shape index (κ2) is 19.9. The van der Waals surface area contributed by atoms with Crippen LogP contribution >= 0.6 is 0 Å². The van der Waals surface area contributed by atoms with Crippen LogP contribution in [0.15, 0.2) is 36.4 Å². The van der Waals surface area contributed by atoms with Crippen molar-refractivity contribution in [2.24, 2.45) is 0 Å². The molecule has 0 fully saturated rings. The van der Waals surface area contributed by atoms with Crippen molar-refractivity contribution >= 4 is 0 Å². The highest BCUT2D eigenvalue weighted by Crippen LogP contribution is 2.44. The molecule has 0 aliphatic rings. The van der Waals surface area contributed by atoms with Crippen LogP contribution < -0.4 is 18.9 Å². The Balaban J connectivity index is 2.00. The Bertz CT molecular complexity index is 1330. The number of hydrogen-bond acceptors (Lipinski definition) is 7. The fraction of sp³-hybridized carbons (Fsp3) is 0.471. The first-order valence-electron chi connectivity index (χ1n) is 15.4. The zero-order chi connectivity index (χ0) is 34.2. The average molecular weight is 675 g/mol. The topological polar surface area (TPSA) is 64.6 Å². The van der Waals surface area contributed by atoms with Gasteiger partial charge in [0.2, 0.25) is 0 Å². The molecule has 0 N–H and O–H groups in total. The Kier molecular flexibility index (Phi) is 16.0. The Morgan fingerprint density at radius 2 is 0.957 bits per heavy atom. The lowest BCUT2D eigenvalue weighted by Gasteiger charge is -2.20. The van der Waals surface area contributed by atoms with Crippen LogP contribution in [0.5, 0.6) is 23.0 Å². The van der Waals surface area contributed by atoms with Gasteiger partial charge < -0.3 is 33.2 Å². The third-order valence-corrected chi connectivity index (χ3v) is 6.34. The van der Waals surface area contributed by atoms with Crippen molar-refractivity contribution in [2.45, 2.75) is 46.4 Å². The van der Waals surface area contributed by atoms with E-state index in [4.69, 9.17) is 33.2 Å². The summed E-state index contributed by atoms with van der Waals surface area (Å²) >= 11 is 0. The second-order valence-electron chi connectivity index (χ2n) is 10.2. The highest BCUT2D eigenvalue weighted by atomic mass is 19.2. The quantitative estimate of drug-likeness (QED) is 0.0602. The fourth-order valence-corrected chi connectivity index (χ4v) is 4.26. The molecule has 0 aliphatic carbocycles. The lowest BCUT2D eigenvalue weighted by Crippen LogP contribution is -2.12. The summed E-state index contributed by atoms with van der Waals surface area (Å²) in [6, 6.07) is 5.45. The molecule has 0 bridgehead atoms. The van der Waals surface area contributed by atoms with Crippen LogP contribution in [0.4, 0.5) is 26.3 Å². The number of halogens is 6. The van der Waals surface area contributed by atoms with E-state index in [2.05, 4.69) is 0 Å². The molecule has 3 aromatic carbocycles. The summed E-state index contributed by atoms with van der Waals surface area (Å²) in [5, 5.41) is 0. The molecule has 0 spiro atoms. The van der Waals surface area contributed by atoms with Gasteiger partial charge in [-0.2, -0.15) is 4.39 Å². The number of ether oxygens (including phenoxy) is 7. The third-order valence-electron chi connectivity index (χ3n) is 6.34. The van der Waals surface area contributed by atoms with Crippen molar-refractivity contribution in [1.82, 2.24) is 0 Å². The minimum absolute atomic E-state index is 0.0728. The summed E-state index contributed by atoms with van der Waals surface area (Å²) in [5.41, 5.74) is -1.12. The van der Waals surface area contributed by atoms with Crippen molar-refractivity contribution in [3.63, 3.8) is 0 Å². The van der Waals surface area contributed by atoms with E-state index >= 15 is 13.2 Å². The lowest BCUT2D eigenvalue weighted by molar-refractivity contribution is 0.0591. The van der Waals surface area contributed by atoms with Gasteiger partial charge in [-0.25, -0.2) is 22.0 Å². The predicted octanol–water partition coefficient (Wildman–Crippen LogP) is 8.51. The first kappa shape index (κ1) is 37.8. The molecule has 3 rings (SSSR count). The van der Waals surface area contributed by atoms with Gasteiger partial charge in [-0.05, 0) is 37.0 Å². The molecule has 13 heteroatoms. The molecule has 0 heterocycles. The van der Waals surface area contributed by atoms with Crippen LogP contribution in [-0.4, -0.2) is 59.5 Å². The Morgan fingerprint density at radius 1 is 0.511 bits per heavy atom. The second-order valence-corrected chi connectivity index (χ2v) is 10.2. The van der Waals surface area contributed by atoms with Crippen LogP contribution in [0.1, 0.15) is 52.0 Å². The van der Waals surface area contributed by atoms with Gasteiger partial charge in [0.05, 0.1) is 30.9 Å². The normalized spacial score (nSPS) is 11.9. The first-order chi connectivity index (χ1) is 22.7. The number of benzene rings is 3. The van der Waals surface area contributed by atoms with Crippen LogP contribution in [0.3, 0.4) is 0 Å². The number of alkyl halides is 1. The van der Waals surface area contributed by atoms with E-state index in [1.807, 2.05) is 20.8 Å². The zero-order valence-corrected chi connectivity index (χ0v) is 26.7. The van der Waals surface area contributed by atoms with Gasteiger partial charge in [-0.15, -0.1) is 0 Å². The molecule has 7 nitrogen and oxygen atoms in total. The van der Waals surface area contributed by atoms with Crippen LogP contribution in [-0.2, 0) is 14.2 Å². The monoisotopic (exact) mass is 674 g/mol. The third kappa shape index (κ3) is 11.5. The largest absolute Gasteiger partial charge is 0.491 e. The summed E-state index contributed by atoms with van der Waals surface area (Å²) in [5.74, 6) is -8.09. The molecular formula is C34H40F6O7. The number of rotatable bonds is 22. The summed E-state index contributed by atoms with van der Waals surface area (Å²) in [7, 11) is 0. The molecule has 0 saturated heterocycles. The first-order valence-corrected chi connectivity index (χ1v) is 15.4. The van der Waals surface area contributed by atoms with Crippen molar-refractivity contribution in [1.29, 1.82) is 0 Å². The maximum atomic E-state index is 15.4. The molecule has 47 heavy (non-hydrogen) atoms. The van der Waals surface area contributed by atoms with Crippen LogP contribution in [0, 0.1) is 29.1 Å². The summed E-state index contributed by atoms with van der Waals surface area (Å²) in [6.07, 6.45) is -0.406. The average Bonchev–Trinajstić information content (AvgIpc) is 3.02. The van der Waals surface area contributed by atoms with E-state index in [1.54, 1.807) is 0 Å². The van der Waals surface area contributed by atoms with Crippen molar-refractivity contribution in [3.8, 4) is 34.1 Å². The predicted molar refractivity (Wildman–Crippen MR) is 162 cm³/mol. The molecule has 0 aromatic heterocycles. The fourth-order valence-electron chi connectivity index (χ4n) is 4.26. The molecule has 0 saturated carbocycles. The molecule has 260 valence electrons. The number of hydrogen-bond donors (Lipinski definition) is 0. The minimum atomic E-state index is -2.84. The van der Waals surface area contributed by atoms with Gasteiger partial charge >= 0.3 is 0 Å². The van der Waals surface area contributed by atoms with Gasteiger partial charge in [0, 0.05) is 44.1 Å². The molecular weight excluding hydrogens is 634 g/mol. The highest BCUT2D eigenvalue weighted by molar-refractivity contribution is 5.78. The van der Waals surface area contributed by atoms with Crippen LogP contribution in [0.25, 0.3) is 11.1 Å². The van der Waals surface area contributed by atoms with E-state index in [-0.39, 0.29) is 55.7 Å². The van der Waals surface area contributed by atoms with E-state index in [0.717, 1.165) is 31.4 Å². The molecule has 1 unspecified atom stereocenters. The van der Waals surface area contributed by atoms with E-state index in [9.17, 15) is 13.2 Å². The molecule has 0 aliphatic heterocycles. The molecule has 0 radical (unpaired) electrons. The van der Waals surface area contributed by atoms with E-state index in [0.29, 0.717) is 44.3 Å². The standard InChI is InChI=1S/C34H40F6O7/c1-4-7-41-10-13-44-23-20-29(45-14-11-42-8-5-2)31(30(21-23)46-15-12-43-9-6-3)22-16-25(35)32(26(36)17-22)34(40)47-24-18-27(37)33(39)28(38)19-24/h16-21,34H,4-15H2,1-3H3. The van der Waals surface area contributed by atoms with Gasteiger partial charge in [-0.1, -0.05) is 20.8 Å². The van der Waals surface area contributed by atoms with Gasteiger partial charge in [0.1, 0.15) is 54.5 Å². The smallest absolute Gasteiger partial charge is 0.269 e. The zero-order valence-electron chi connectivity index (χ0n) is 26.7. The van der Waals surface area contributed by atoms with Crippen molar-refractivity contribution in [3.05, 3.63) is 71.0 Å². The summed E-state index contributed by atoms with van der Waals surface area (Å²) in [4.78, 5) is 0. The Morgan fingerprint density at radius 3 is 1.40 bits per heavy atom. The van der Waals surface area contributed by atoms with Gasteiger partial charge in [-0.3, -0.25) is 0 Å². The minimum Gasteiger partial charge on any atom is -0.491 e. The molecule has 0 amide bonds. The van der Waals surface area contributed by atoms with Crippen molar-refractivity contribution < 1.29 is 59.5 Å². The Hall–Kier alpha value is -3.68. The van der Waals surface area contributed by atoms with E-state index < -0.39 is 46.8 Å². The van der Waals surface area contributed by atoms with Gasteiger partial charge in [0.15, 0.2) is 17.5 Å².